The Kier molecular flexibility index (Phi) is 4.91. The molecule has 0 aliphatic rings. The van der Waals surface area contributed by atoms with E-state index in [0.717, 1.165) is 28.0 Å². The Hall–Kier alpha value is -0.740. The van der Waals surface area contributed by atoms with Gasteiger partial charge >= 0.3 is 0 Å². The summed E-state index contributed by atoms with van der Waals surface area (Å²) in [7, 11) is 1.64. The van der Waals surface area contributed by atoms with Crippen LogP contribution in [0.4, 0.5) is 0 Å². The van der Waals surface area contributed by atoms with Gasteiger partial charge in [0.15, 0.2) is 11.5 Å². The molecule has 0 fully saturated rings. The average molecular weight is 274 g/mol. The van der Waals surface area contributed by atoms with Gasteiger partial charge in [0.25, 0.3) is 0 Å². The smallest absolute Gasteiger partial charge is 0.162 e. The van der Waals surface area contributed by atoms with Gasteiger partial charge in [-0.2, -0.15) is 0 Å². The third-order valence-corrected chi connectivity index (χ3v) is 2.78. The molecule has 4 heteroatoms. The van der Waals surface area contributed by atoms with Crippen molar-refractivity contribution in [1.29, 1.82) is 0 Å². The minimum atomic E-state index is 0.621. The van der Waals surface area contributed by atoms with Gasteiger partial charge in [-0.3, -0.25) is 0 Å². The van der Waals surface area contributed by atoms with Crippen molar-refractivity contribution in [3.05, 3.63) is 22.2 Å². The zero-order chi connectivity index (χ0) is 11.3. The van der Waals surface area contributed by atoms with Crippen LogP contribution in [0.25, 0.3) is 0 Å². The van der Waals surface area contributed by atoms with Crippen LogP contribution in [0, 0.1) is 0 Å². The minimum absolute atomic E-state index is 0.621. The van der Waals surface area contributed by atoms with E-state index < -0.39 is 0 Å². The van der Waals surface area contributed by atoms with E-state index in [9.17, 15) is 0 Å². The molecule has 1 rings (SSSR count). The molecule has 0 amide bonds. The molecular formula is C11H16BrNO2. The van der Waals surface area contributed by atoms with Gasteiger partial charge in [0.2, 0.25) is 0 Å². The molecule has 84 valence electrons. The fourth-order valence-electron chi connectivity index (χ4n) is 1.35. The summed E-state index contributed by atoms with van der Waals surface area (Å²) >= 11 is 3.49. The van der Waals surface area contributed by atoms with Gasteiger partial charge in [-0.05, 0) is 37.6 Å². The summed E-state index contributed by atoms with van der Waals surface area (Å²) in [6, 6.07) is 3.88. The zero-order valence-electron chi connectivity index (χ0n) is 9.05. The molecule has 15 heavy (non-hydrogen) atoms. The van der Waals surface area contributed by atoms with E-state index in [1.807, 2.05) is 19.1 Å². The summed E-state index contributed by atoms with van der Waals surface area (Å²) in [5, 5.41) is 0. The fraction of sp³-hybridized carbons (Fsp3) is 0.455. The minimum Gasteiger partial charge on any atom is -0.493 e. The first kappa shape index (κ1) is 12.3. The third-order valence-electron chi connectivity index (χ3n) is 2.05. The highest BCUT2D eigenvalue weighted by Crippen LogP contribution is 2.33. The Morgan fingerprint density at radius 2 is 2.07 bits per heavy atom. The fourth-order valence-corrected chi connectivity index (χ4v) is 1.87. The summed E-state index contributed by atoms with van der Waals surface area (Å²) < 4.78 is 11.7. The second-order valence-corrected chi connectivity index (χ2v) is 3.92. The number of nitrogens with two attached hydrogens (primary N) is 1. The van der Waals surface area contributed by atoms with E-state index in [1.54, 1.807) is 7.11 Å². The largest absolute Gasteiger partial charge is 0.493 e. The third kappa shape index (κ3) is 3.11. The SMILES string of the molecule is CCOc1cc(Br)c(CCN)cc1OC. The predicted molar refractivity (Wildman–Crippen MR) is 64.6 cm³/mol. The maximum absolute atomic E-state index is 5.52. The maximum atomic E-state index is 5.52. The molecule has 0 aromatic heterocycles. The summed E-state index contributed by atoms with van der Waals surface area (Å²) in [6.07, 6.45) is 0.823. The van der Waals surface area contributed by atoms with Crippen LogP contribution < -0.4 is 15.2 Å². The van der Waals surface area contributed by atoms with E-state index in [1.165, 1.54) is 0 Å². The molecule has 1 aromatic rings. The molecule has 0 saturated heterocycles. The van der Waals surface area contributed by atoms with E-state index in [0.29, 0.717) is 13.2 Å². The molecular weight excluding hydrogens is 258 g/mol. The van der Waals surface area contributed by atoms with Crippen LogP contribution >= 0.6 is 15.9 Å². The molecule has 0 spiro atoms. The number of methoxy groups -OCH3 is 1. The highest BCUT2D eigenvalue weighted by molar-refractivity contribution is 9.10. The molecule has 0 radical (unpaired) electrons. The van der Waals surface area contributed by atoms with Crippen molar-refractivity contribution in [2.45, 2.75) is 13.3 Å². The normalized spacial score (nSPS) is 10.1. The lowest BCUT2D eigenvalue weighted by molar-refractivity contribution is 0.310. The summed E-state index contributed by atoms with van der Waals surface area (Å²) in [6.45, 7) is 3.19. The quantitative estimate of drug-likeness (QED) is 0.896. The highest BCUT2D eigenvalue weighted by Gasteiger charge is 2.09. The monoisotopic (exact) mass is 273 g/mol. The summed E-state index contributed by atoms with van der Waals surface area (Å²) in [4.78, 5) is 0. The standard InChI is InChI=1S/C11H16BrNO2/c1-3-15-11-7-9(12)8(4-5-13)6-10(11)14-2/h6-7H,3-5,13H2,1-2H3. The van der Waals surface area contributed by atoms with Gasteiger partial charge in [0.1, 0.15) is 0 Å². The van der Waals surface area contributed by atoms with Crippen LogP contribution in [0.3, 0.4) is 0 Å². The zero-order valence-corrected chi connectivity index (χ0v) is 10.6. The second-order valence-electron chi connectivity index (χ2n) is 3.07. The molecule has 3 nitrogen and oxygen atoms in total. The Morgan fingerprint density at radius 1 is 1.33 bits per heavy atom. The molecule has 0 unspecified atom stereocenters. The van der Waals surface area contributed by atoms with Gasteiger partial charge in [-0.15, -0.1) is 0 Å². The lowest BCUT2D eigenvalue weighted by Crippen LogP contribution is -2.04. The number of halogens is 1. The molecule has 2 N–H and O–H groups in total. The van der Waals surface area contributed by atoms with Crippen molar-refractivity contribution >= 4 is 15.9 Å². The Balaban J connectivity index is 3.04. The first-order valence-corrected chi connectivity index (χ1v) is 5.71. The van der Waals surface area contributed by atoms with Gasteiger partial charge in [-0.1, -0.05) is 15.9 Å². The number of ether oxygens (including phenoxy) is 2. The number of hydrogen-bond donors (Lipinski definition) is 1. The molecule has 0 bridgehead atoms. The van der Waals surface area contributed by atoms with Crippen LogP contribution in [0.2, 0.25) is 0 Å². The van der Waals surface area contributed by atoms with Gasteiger partial charge in [0.05, 0.1) is 13.7 Å². The van der Waals surface area contributed by atoms with Crippen molar-refractivity contribution in [3.8, 4) is 11.5 Å². The molecule has 0 heterocycles. The molecule has 0 aliphatic heterocycles. The highest BCUT2D eigenvalue weighted by atomic mass is 79.9. The summed E-state index contributed by atoms with van der Waals surface area (Å²) in [5.41, 5.74) is 6.66. The first-order valence-electron chi connectivity index (χ1n) is 4.92. The molecule has 0 aliphatic carbocycles. The van der Waals surface area contributed by atoms with E-state index in [2.05, 4.69) is 15.9 Å². The van der Waals surface area contributed by atoms with Crippen molar-refractivity contribution < 1.29 is 9.47 Å². The maximum Gasteiger partial charge on any atom is 0.162 e. The Morgan fingerprint density at radius 3 is 2.60 bits per heavy atom. The Labute approximate surface area is 98.7 Å². The van der Waals surface area contributed by atoms with Crippen molar-refractivity contribution in [2.24, 2.45) is 5.73 Å². The van der Waals surface area contributed by atoms with Crippen LogP contribution in [-0.2, 0) is 6.42 Å². The predicted octanol–water partition coefficient (Wildman–Crippen LogP) is 2.36. The average Bonchev–Trinajstić information content (AvgIpc) is 2.22. The molecule has 0 atom stereocenters. The van der Waals surface area contributed by atoms with E-state index in [-0.39, 0.29) is 0 Å². The van der Waals surface area contributed by atoms with Crippen molar-refractivity contribution in [3.63, 3.8) is 0 Å². The number of benzene rings is 1. The van der Waals surface area contributed by atoms with Crippen LogP contribution in [-0.4, -0.2) is 20.3 Å². The number of hydrogen-bond acceptors (Lipinski definition) is 3. The van der Waals surface area contributed by atoms with Gasteiger partial charge < -0.3 is 15.2 Å². The lowest BCUT2D eigenvalue weighted by atomic mass is 10.1. The topological polar surface area (TPSA) is 44.5 Å². The van der Waals surface area contributed by atoms with Crippen LogP contribution in [0.5, 0.6) is 11.5 Å². The number of rotatable bonds is 5. The van der Waals surface area contributed by atoms with E-state index >= 15 is 0 Å². The first-order chi connectivity index (χ1) is 7.22. The molecule has 0 saturated carbocycles. The van der Waals surface area contributed by atoms with Crippen molar-refractivity contribution in [1.82, 2.24) is 0 Å². The second kappa shape index (κ2) is 5.98. The molecule has 1 aromatic carbocycles. The lowest BCUT2D eigenvalue weighted by Gasteiger charge is -2.12. The van der Waals surface area contributed by atoms with Gasteiger partial charge in [0, 0.05) is 4.47 Å². The Bertz CT molecular complexity index is 329. The van der Waals surface area contributed by atoms with Crippen LogP contribution in [0.15, 0.2) is 16.6 Å². The van der Waals surface area contributed by atoms with Crippen LogP contribution in [0.1, 0.15) is 12.5 Å². The summed E-state index contributed by atoms with van der Waals surface area (Å²) in [5.74, 6) is 1.51. The van der Waals surface area contributed by atoms with Crippen molar-refractivity contribution in [2.75, 3.05) is 20.3 Å². The van der Waals surface area contributed by atoms with E-state index in [4.69, 9.17) is 15.2 Å². The van der Waals surface area contributed by atoms with Gasteiger partial charge in [-0.25, -0.2) is 0 Å².